The summed E-state index contributed by atoms with van der Waals surface area (Å²) in [6.45, 7) is 0. The third-order valence-corrected chi connectivity index (χ3v) is 2.61. The Morgan fingerprint density at radius 1 is 1.92 bits per heavy atom. The van der Waals surface area contributed by atoms with Crippen LogP contribution in [0.3, 0.4) is 0 Å². The molecule has 0 fully saturated rings. The summed E-state index contributed by atoms with van der Waals surface area (Å²) < 4.78 is 5.39. The van der Waals surface area contributed by atoms with Gasteiger partial charge in [-0.1, -0.05) is 0 Å². The summed E-state index contributed by atoms with van der Waals surface area (Å²) in [6.07, 6.45) is -0.965. The number of methoxy groups -OCH3 is 1. The molecule has 1 heterocycles. The molecule has 0 unspecified atom stereocenters. The number of carboxylic acid groups (broad SMARTS) is 1. The highest BCUT2D eigenvalue weighted by atomic mass is 79.9. The Morgan fingerprint density at radius 3 is 2.92 bits per heavy atom. The predicted octanol–water partition coefficient (Wildman–Crippen LogP) is 1.68. The molecule has 1 rings (SSSR count). The Balaban J connectivity index is 2.87. The zero-order valence-electron chi connectivity index (χ0n) is 6.15. The van der Waals surface area contributed by atoms with Gasteiger partial charge >= 0.3 is 5.97 Å². The van der Waals surface area contributed by atoms with E-state index in [1.54, 1.807) is 5.38 Å². The summed E-state index contributed by atoms with van der Waals surface area (Å²) in [6, 6.07) is 0. The van der Waals surface area contributed by atoms with E-state index in [4.69, 9.17) is 9.84 Å². The lowest BCUT2D eigenvalue weighted by molar-refractivity contribution is -0.149. The van der Waals surface area contributed by atoms with Crippen molar-refractivity contribution in [1.29, 1.82) is 0 Å². The minimum atomic E-state index is -1.03. The normalized spacial score (nSPS) is 12.8. The van der Waals surface area contributed by atoms with E-state index in [1.807, 2.05) is 0 Å². The fraction of sp³-hybridized carbons (Fsp3) is 0.333. The van der Waals surface area contributed by atoms with Crippen molar-refractivity contribution in [3.63, 3.8) is 0 Å². The molecule has 1 N–H and O–H groups in total. The molecule has 4 nitrogen and oxygen atoms in total. The zero-order chi connectivity index (χ0) is 9.14. The van der Waals surface area contributed by atoms with Crippen LogP contribution < -0.4 is 0 Å². The number of ether oxygens (including phenoxy) is 1. The van der Waals surface area contributed by atoms with E-state index in [0.29, 0.717) is 9.61 Å². The second kappa shape index (κ2) is 3.97. The number of rotatable bonds is 3. The lowest BCUT2D eigenvalue weighted by Gasteiger charge is -2.05. The van der Waals surface area contributed by atoms with Crippen LogP contribution in [0.2, 0.25) is 0 Å². The van der Waals surface area contributed by atoms with Gasteiger partial charge in [-0.25, -0.2) is 9.78 Å². The summed E-state index contributed by atoms with van der Waals surface area (Å²) >= 11 is 4.47. The maximum atomic E-state index is 10.6. The number of halogens is 1. The fourth-order valence-corrected chi connectivity index (χ4v) is 1.77. The number of nitrogens with zero attached hydrogens (tertiary/aromatic N) is 1. The SMILES string of the molecule is CO[C@H](C(=O)O)c1csc(Br)n1. The number of hydrogen-bond acceptors (Lipinski definition) is 4. The molecule has 1 aromatic heterocycles. The first-order valence-electron chi connectivity index (χ1n) is 3.01. The van der Waals surface area contributed by atoms with Crippen molar-refractivity contribution in [2.24, 2.45) is 0 Å². The van der Waals surface area contributed by atoms with Crippen molar-refractivity contribution in [3.05, 3.63) is 15.0 Å². The van der Waals surface area contributed by atoms with Crippen LogP contribution in [-0.2, 0) is 9.53 Å². The standard InChI is InChI=1S/C6H6BrNO3S/c1-11-4(5(9)10)3-2-12-6(7)8-3/h2,4H,1H3,(H,9,10)/t4-/m0/s1. The van der Waals surface area contributed by atoms with Gasteiger partial charge in [-0.05, 0) is 15.9 Å². The predicted molar refractivity (Wildman–Crippen MR) is 47.2 cm³/mol. The van der Waals surface area contributed by atoms with Crippen molar-refractivity contribution in [2.45, 2.75) is 6.10 Å². The number of hydrogen-bond donors (Lipinski definition) is 1. The minimum absolute atomic E-state index is 0.418. The Kier molecular flexibility index (Phi) is 3.19. The van der Waals surface area contributed by atoms with E-state index in [9.17, 15) is 4.79 Å². The van der Waals surface area contributed by atoms with Crippen LogP contribution in [0.15, 0.2) is 9.30 Å². The molecule has 0 bridgehead atoms. The van der Waals surface area contributed by atoms with Crippen LogP contribution in [0, 0.1) is 0 Å². The molecule has 0 amide bonds. The Hall–Kier alpha value is -0.460. The summed E-state index contributed by atoms with van der Waals surface area (Å²) in [5.74, 6) is -1.03. The van der Waals surface area contributed by atoms with Crippen LogP contribution in [0.4, 0.5) is 0 Å². The zero-order valence-corrected chi connectivity index (χ0v) is 8.55. The molecule has 0 saturated carbocycles. The first-order valence-corrected chi connectivity index (χ1v) is 4.69. The van der Waals surface area contributed by atoms with Crippen molar-refractivity contribution >= 4 is 33.2 Å². The lowest BCUT2D eigenvalue weighted by atomic mass is 10.3. The van der Waals surface area contributed by atoms with Crippen molar-refractivity contribution < 1.29 is 14.6 Å². The molecule has 0 aliphatic rings. The van der Waals surface area contributed by atoms with Gasteiger partial charge < -0.3 is 9.84 Å². The molecule has 0 spiro atoms. The molecule has 1 aromatic rings. The lowest BCUT2D eigenvalue weighted by Crippen LogP contribution is -2.13. The van der Waals surface area contributed by atoms with Gasteiger partial charge in [0.15, 0.2) is 10.0 Å². The number of aromatic nitrogens is 1. The van der Waals surface area contributed by atoms with E-state index in [0.717, 1.165) is 0 Å². The summed E-state index contributed by atoms with van der Waals surface area (Å²) in [5.41, 5.74) is 0.418. The molecule has 0 aliphatic carbocycles. The van der Waals surface area contributed by atoms with Gasteiger partial charge in [0.2, 0.25) is 0 Å². The van der Waals surface area contributed by atoms with Gasteiger partial charge in [0.05, 0.1) is 5.69 Å². The number of thiazole rings is 1. The summed E-state index contributed by atoms with van der Waals surface area (Å²) in [5, 5.41) is 10.3. The third kappa shape index (κ3) is 2.02. The number of aliphatic carboxylic acids is 1. The topological polar surface area (TPSA) is 59.4 Å². The van der Waals surface area contributed by atoms with E-state index < -0.39 is 12.1 Å². The summed E-state index contributed by atoms with van der Waals surface area (Å²) in [4.78, 5) is 14.5. The maximum absolute atomic E-state index is 10.6. The van der Waals surface area contributed by atoms with E-state index in [-0.39, 0.29) is 0 Å². The molecular weight excluding hydrogens is 246 g/mol. The van der Waals surface area contributed by atoms with Crippen LogP contribution in [0.1, 0.15) is 11.8 Å². The van der Waals surface area contributed by atoms with E-state index in [2.05, 4.69) is 20.9 Å². The van der Waals surface area contributed by atoms with Gasteiger partial charge in [-0.15, -0.1) is 11.3 Å². The highest BCUT2D eigenvalue weighted by molar-refractivity contribution is 9.11. The average molecular weight is 252 g/mol. The van der Waals surface area contributed by atoms with Gasteiger partial charge in [-0.3, -0.25) is 0 Å². The smallest absolute Gasteiger partial charge is 0.339 e. The molecule has 1 atom stereocenters. The van der Waals surface area contributed by atoms with Crippen molar-refractivity contribution in [1.82, 2.24) is 4.98 Å². The molecule has 0 saturated heterocycles. The Bertz CT molecular complexity index is 288. The van der Waals surface area contributed by atoms with Gasteiger partial charge in [0.25, 0.3) is 0 Å². The highest BCUT2D eigenvalue weighted by Gasteiger charge is 2.21. The first-order chi connectivity index (χ1) is 5.65. The molecule has 0 aromatic carbocycles. The monoisotopic (exact) mass is 251 g/mol. The molecule has 0 aliphatic heterocycles. The molecule has 0 radical (unpaired) electrons. The van der Waals surface area contributed by atoms with E-state index >= 15 is 0 Å². The summed E-state index contributed by atoms with van der Waals surface area (Å²) in [7, 11) is 1.34. The van der Waals surface area contributed by atoms with Crippen LogP contribution >= 0.6 is 27.3 Å². The second-order valence-corrected chi connectivity index (χ2v) is 4.11. The van der Waals surface area contributed by atoms with E-state index in [1.165, 1.54) is 18.4 Å². The van der Waals surface area contributed by atoms with Gasteiger partial charge in [0, 0.05) is 12.5 Å². The van der Waals surface area contributed by atoms with Crippen molar-refractivity contribution in [2.75, 3.05) is 7.11 Å². The molecule has 66 valence electrons. The second-order valence-electron chi connectivity index (χ2n) is 1.98. The Morgan fingerprint density at radius 2 is 2.58 bits per heavy atom. The van der Waals surface area contributed by atoms with Gasteiger partial charge in [0.1, 0.15) is 0 Å². The Labute approximate surface area is 81.3 Å². The molecule has 12 heavy (non-hydrogen) atoms. The van der Waals surface area contributed by atoms with Gasteiger partial charge in [-0.2, -0.15) is 0 Å². The number of carboxylic acids is 1. The van der Waals surface area contributed by atoms with Crippen LogP contribution in [0.5, 0.6) is 0 Å². The minimum Gasteiger partial charge on any atom is -0.479 e. The highest BCUT2D eigenvalue weighted by Crippen LogP contribution is 2.22. The molecule has 6 heteroatoms. The number of carbonyl (C=O) groups is 1. The van der Waals surface area contributed by atoms with Crippen molar-refractivity contribution in [3.8, 4) is 0 Å². The maximum Gasteiger partial charge on any atom is 0.339 e. The average Bonchev–Trinajstić information content (AvgIpc) is 2.37. The first kappa shape index (κ1) is 9.63. The van der Waals surface area contributed by atoms with Crippen LogP contribution in [-0.4, -0.2) is 23.2 Å². The third-order valence-electron chi connectivity index (χ3n) is 1.22. The van der Waals surface area contributed by atoms with Crippen LogP contribution in [0.25, 0.3) is 0 Å². The molecular formula is C6H6BrNO3S. The fourth-order valence-electron chi connectivity index (χ4n) is 0.732. The largest absolute Gasteiger partial charge is 0.479 e. The quantitative estimate of drug-likeness (QED) is 0.888.